The van der Waals surface area contributed by atoms with Gasteiger partial charge in [-0.25, -0.2) is 23.1 Å². The van der Waals surface area contributed by atoms with E-state index in [0.717, 1.165) is 5.82 Å². The molecule has 1 N–H and O–H groups in total. The molecule has 25 heavy (non-hydrogen) atoms. The van der Waals surface area contributed by atoms with Gasteiger partial charge in [0.1, 0.15) is 12.1 Å². The highest BCUT2D eigenvalue weighted by atomic mass is 32.2. The number of carbonyl (C=O) groups excluding carboxylic acids is 1. The van der Waals surface area contributed by atoms with Crippen LogP contribution in [-0.4, -0.2) is 64.7 Å². The van der Waals surface area contributed by atoms with Crippen molar-refractivity contribution in [2.75, 3.05) is 29.5 Å². The third-order valence-electron chi connectivity index (χ3n) is 4.53. The molecule has 2 aliphatic rings. The number of nitrogens with one attached hydrogen (secondary N) is 1. The number of sulfone groups is 1. The van der Waals surface area contributed by atoms with Crippen LogP contribution < -0.4 is 10.2 Å². The highest BCUT2D eigenvalue weighted by molar-refractivity contribution is 7.91. The summed E-state index contributed by atoms with van der Waals surface area (Å²) in [6.07, 6.45) is 5.45. The van der Waals surface area contributed by atoms with Crippen LogP contribution in [0.4, 0.5) is 5.82 Å². The summed E-state index contributed by atoms with van der Waals surface area (Å²) in [5.74, 6) is 1.39. The lowest BCUT2D eigenvalue weighted by Crippen LogP contribution is -2.55. The van der Waals surface area contributed by atoms with Crippen LogP contribution in [0.25, 0.3) is 5.82 Å². The van der Waals surface area contributed by atoms with Crippen molar-refractivity contribution in [1.29, 1.82) is 0 Å². The van der Waals surface area contributed by atoms with E-state index in [-0.39, 0.29) is 29.4 Å². The molecule has 0 radical (unpaired) electrons. The topological polar surface area (TPSA) is 110 Å². The Morgan fingerprint density at radius 3 is 2.72 bits per heavy atom. The van der Waals surface area contributed by atoms with E-state index in [9.17, 15) is 13.2 Å². The van der Waals surface area contributed by atoms with Crippen molar-refractivity contribution in [3.8, 4) is 5.82 Å². The molecule has 4 heterocycles. The minimum absolute atomic E-state index is 0.0499. The number of amides is 1. The van der Waals surface area contributed by atoms with E-state index in [2.05, 4.69) is 20.4 Å². The maximum absolute atomic E-state index is 12.2. The number of rotatable bonds is 4. The smallest absolute Gasteiger partial charge is 0.226 e. The summed E-state index contributed by atoms with van der Waals surface area (Å²) in [5, 5.41) is 6.99. The molecule has 0 spiro atoms. The molecule has 2 aromatic heterocycles. The van der Waals surface area contributed by atoms with Crippen LogP contribution in [0.2, 0.25) is 0 Å². The third kappa shape index (κ3) is 3.34. The molecule has 0 saturated carbocycles. The first kappa shape index (κ1) is 16.0. The van der Waals surface area contributed by atoms with Crippen LogP contribution in [0.1, 0.15) is 6.42 Å². The third-order valence-corrected chi connectivity index (χ3v) is 6.30. The monoisotopic (exact) mass is 362 g/mol. The predicted molar refractivity (Wildman–Crippen MR) is 90.1 cm³/mol. The van der Waals surface area contributed by atoms with Gasteiger partial charge in [-0.05, 0) is 12.5 Å². The molecule has 2 aromatic rings. The van der Waals surface area contributed by atoms with Gasteiger partial charge in [0.25, 0.3) is 0 Å². The zero-order chi connectivity index (χ0) is 17.4. The first-order valence-electron chi connectivity index (χ1n) is 8.08. The second-order valence-corrected chi connectivity index (χ2v) is 8.62. The maximum atomic E-state index is 12.2. The van der Waals surface area contributed by atoms with Crippen LogP contribution in [0.3, 0.4) is 0 Å². The van der Waals surface area contributed by atoms with Crippen molar-refractivity contribution < 1.29 is 13.2 Å². The Kier molecular flexibility index (Phi) is 3.91. The molecule has 0 unspecified atom stereocenters. The van der Waals surface area contributed by atoms with E-state index >= 15 is 0 Å². The molecule has 2 aliphatic heterocycles. The summed E-state index contributed by atoms with van der Waals surface area (Å²) >= 11 is 0. The van der Waals surface area contributed by atoms with Gasteiger partial charge in [0.15, 0.2) is 15.7 Å². The van der Waals surface area contributed by atoms with Crippen molar-refractivity contribution in [2.24, 2.45) is 5.92 Å². The Morgan fingerprint density at radius 1 is 1.24 bits per heavy atom. The molecule has 1 amide bonds. The molecule has 0 aliphatic carbocycles. The Bertz CT molecular complexity index is 876. The van der Waals surface area contributed by atoms with Crippen LogP contribution in [0.15, 0.2) is 30.9 Å². The first-order chi connectivity index (χ1) is 12.0. The lowest BCUT2D eigenvalue weighted by atomic mass is 9.98. The van der Waals surface area contributed by atoms with Crippen LogP contribution in [0.5, 0.6) is 0 Å². The lowest BCUT2D eigenvalue weighted by Gasteiger charge is -2.39. The summed E-state index contributed by atoms with van der Waals surface area (Å²) in [6, 6.07) is 3.39. The quantitative estimate of drug-likeness (QED) is 0.773. The normalized spacial score (nSPS) is 22.6. The van der Waals surface area contributed by atoms with Crippen molar-refractivity contribution >= 4 is 21.6 Å². The van der Waals surface area contributed by atoms with Crippen molar-refractivity contribution in [3.63, 3.8) is 0 Å². The summed E-state index contributed by atoms with van der Waals surface area (Å²) in [6.45, 7) is 1.11. The zero-order valence-electron chi connectivity index (χ0n) is 13.4. The van der Waals surface area contributed by atoms with Crippen LogP contribution >= 0.6 is 0 Å². The molecule has 10 heteroatoms. The standard InChI is InChI=1S/C15H18N6O3S/c22-15(19-12-2-5-25(23,24)9-12)11-7-20(8-11)13-6-14(17-10-16-13)21-4-1-3-18-21/h1,3-4,6,10-12H,2,5,7-9H2,(H,19,22)/t12-/m0/s1. The summed E-state index contributed by atoms with van der Waals surface area (Å²) in [5.41, 5.74) is 0. The highest BCUT2D eigenvalue weighted by Gasteiger charge is 2.36. The largest absolute Gasteiger partial charge is 0.355 e. The fraction of sp³-hybridized carbons (Fsp3) is 0.467. The van der Waals surface area contributed by atoms with E-state index < -0.39 is 9.84 Å². The fourth-order valence-electron chi connectivity index (χ4n) is 3.10. The van der Waals surface area contributed by atoms with Gasteiger partial charge in [0.05, 0.1) is 17.4 Å². The summed E-state index contributed by atoms with van der Waals surface area (Å²) < 4.78 is 24.6. The molecule has 1 atom stereocenters. The molecular formula is C15H18N6O3S. The van der Waals surface area contributed by atoms with Crippen molar-refractivity contribution in [3.05, 3.63) is 30.9 Å². The second-order valence-electron chi connectivity index (χ2n) is 6.40. The first-order valence-corrected chi connectivity index (χ1v) is 9.90. The van der Waals surface area contributed by atoms with E-state index in [4.69, 9.17) is 0 Å². The highest BCUT2D eigenvalue weighted by Crippen LogP contribution is 2.24. The lowest BCUT2D eigenvalue weighted by molar-refractivity contribution is -0.126. The Morgan fingerprint density at radius 2 is 2.04 bits per heavy atom. The second kappa shape index (κ2) is 6.10. The number of hydrogen-bond donors (Lipinski definition) is 1. The number of anilines is 1. The molecule has 132 valence electrons. The SMILES string of the molecule is O=C(N[C@H]1CCS(=O)(=O)C1)C1CN(c2cc(-n3cccn3)ncn2)C1. The number of carbonyl (C=O) groups is 1. The predicted octanol–water partition coefficient (Wildman–Crippen LogP) is -0.598. The van der Waals surface area contributed by atoms with Gasteiger partial charge in [-0.1, -0.05) is 0 Å². The van der Waals surface area contributed by atoms with Crippen LogP contribution in [-0.2, 0) is 14.6 Å². The molecule has 4 rings (SSSR count). The average molecular weight is 362 g/mol. The Labute approximate surface area is 145 Å². The van der Waals surface area contributed by atoms with E-state index in [1.54, 1.807) is 17.1 Å². The average Bonchev–Trinajstić information content (AvgIpc) is 3.16. The number of aromatic nitrogens is 4. The van der Waals surface area contributed by atoms with Crippen molar-refractivity contribution in [1.82, 2.24) is 25.1 Å². The molecule has 2 saturated heterocycles. The summed E-state index contributed by atoms with van der Waals surface area (Å²) in [4.78, 5) is 22.7. The molecular weight excluding hydrogens is 344 g/mol. The van der Waals surface area contributed by atoms with Crippen molar-refractivity contribution in [2.45, 2.75) is 12.5 Å². The molecule has 9 nitrogen and oxygen atoms in total. The van der Waals surface area contributed by atoms with Gasteiger partial charge in [0.2, 0.25) is 5.91 Å². The molecule has 0 aromatic carbocycles. The minimum atomic E-state index is -2.99. The minimum Gasteiger partial charge on any atom is -0.355 e. The Hall–Kier alpha value is -2.49. The van der Waals surface area contributed by atoms with Gasteiger partial charge in [0, 0.05) is 37.6 Å². The Balaban J connectivity index is 1.34. The van der Waals surface area contributed by atoms with E-state index in [1.165, 1.54) is 6.33 Å². The van der Waals surface area contributed by atoms with Gasteiger partial charge < -0.3 is 10.2 Å². The van der Waals surface area contributed by atoms with E-state index in [1.807, 2.05) is 17.0 Å². The molecule has 0 bridgehead atoms. The van der Waals surface area contributed by atoms with Gasteiger partial charge in [-0.15, -0.1) is 0 Å². The number of hydrogen-bond acceptors (Lipinski definition) is 7. The van der Waals surface area contributed by atoms with Gasteiger partial charge in [-0.3, -0.25) is 4.79 Å². The van der Waals surface area contributed by atoms with Crippen LogP contribution in [0, 0.1) is 5.92 Å². The zero-order valence-corrected chi connectivity index (χ0v) is 14.3. The van der Waals surface area contributed by atoms with E-state index in [0.29, 0.717) is 25.3 Å². The summed E-state index contributed by atoms with van der Waals surface area (Å²) in [7, 11) is -2.99. The number of nitrogens with zero attached hydrogens (tertiary/aromatic N) is 5. The fourth-order valence-corrected chi connectivity index (χ4v) is 4.77. The van der Waals surface area contributed by atoms with Gasteiger partial charge in [-0.2, -0.15) is 5.10 Å². The van der Waals surface area contributed by atoms with Gasteiger partial charge >= 0.3 is 0 Å². The molecule has 2 fully saturated rings. The maximum Gasteiger partial charge on any atom is 0.226 e.